The number of amides is 1. The highest BCUT2D eigenvalue weighted by molar-refractivity contribution is 7.99. The zero-order chi connectivity index (χ0) is 21.3. The van der Waals surface area contributed by atoms with E-state index >= 15 is 0 Å². The molecule has 0 fully saturated rings. The number of halogens is 2. The van der Waals surface area contributed by atoms with Crippen LogP contribution in [-0.2, 0) is 24.2 Å². The van der Waals surface area contributed by atoms with Crippen LogP contribution >= 0.6 is 46.3 Å². The van der Waals surface area contributed by atoms with Crippen LogP contribution in [0.3, 0.4) is 0 Å². The van der Waals surface area contributed by atoms with Crippen molar-refractivity contribution in [1.29, 1.82) is 0 Å². The summed E-state index contributed by atoms with van der Waals surface area (Å²) in [6, 6.07) is 5.06. The van der Waals surface area contributed by atoms with Crippen molar-refractivity contribution in [3.8, 4) is 0 Å². The zero-order valence-electron chi connectivity index (χ0n) is 16.0. The van der Waals surface area contributed by atoms with E-state index in [9.17, 15) is 9.59 Å². The summed E-state index contributed by atoms with van der Waals surface area (Å²) in [6.07, 6.45) is 5.85. The van der Waals surface area contributed by atoms with E-state index in [1.807, 2.05) is 0 Å². The molecular weight excluding hydrogens is 461 g/mol. The number of carbonyl (C=O) groups excluding carboxylic acids is 1. The molecule has 0 saturated carbocycles. The quantitative estimate of drug-likeness (QED) is 0.285. The number of nitrogens with zero attached hydrogens (tertiary/aromatic N) is 2. The molecule has 156 valence electrons. The highest BCUT2D eigenvalue weighted by Crippen LogP contribution is 2.35. The smallest absolute Gasteiger partial charge is 0.263 e. The van der Waals surface area contributed by atoms with E-state index in [4.69, 9.17) is 28.2 Å². The summed E-state index contributed by atoms with van der Waals surface area (Å²) in [5.41, 5.74) is 1.55. The molecule has 1 aromatic carbocycles. The Morgan fingerprint density at radius 1 is 1.33 bits per heavy atom. The standard InChI is InChI=1S/C21H19Cl2N3O2S2/c1-2-10-26-20(28)17-12-6-3-4-9-15(12)30-19(17)25-21(26)29-11-16(27)24-14-8-5-7-13(22)18(14)23/h2,5,7-8H,1,3-4,6,9-11H2,(H,24,27). The first-order chi connectivity index (χ1) is 14.5. The third-order valence-corrected chi connectivity index (χ3v) is 7.89. The molecule has 1 amide bonds. The third-order valence-electron chi connectivity index (χ3n) is 4.91. The number of aromatic nitrogens is 2. The van der Waals surface area contributed by atoms with Crippen molar-refractivity contribution in [2.45, 2.75) is 37.4 Å². The number of allylic oxidation sites excluding steroid dienone is 1. The van der Waals surface area contributed by atoms with Crippen LogP contribution in [0.2, 0.25) is 10.0 Å². The summed E-state index contributed by atoms with van der Waals surface area (Å²) in [5.74, 6) is -0.169. The van der Waals surface area contributed by atoms with E-state index in [1.165, 1.54) is 16.6 Å². The lowest BCUT2D eigenvalue weighted by Gasteiger charge is -2.12. The van der Waals surface area contributed by atoms with Crippen LogP contribution in [0, 0.1) is 0 Å². The number of hydrogen-bond donors (Lipinski definition) is 1. The molecule has 0 atom stereocenters. The lowest BCUT2D eigenvalue weighted by Crippen LogP contribution is -2.24. The minimum absolute atomic E-state index is 0.0555. The van der Waals surface area contributed by atoms with Crippen molar-refractivity contribution in [1.82, 2.24) is 9.55 Å². The second-order valence-corrected chi connectivity index (χ2v) is 9.74. The molecule has 1 N–H and O–H groups in total. The number of thiophene rings is 1. The van der Waals surface area contributed by atoms with Crippen LogP contribution in [0.15, 0.2) is 40.8 Å². The second-order valence-electron chi connectivity index (χ2n) is 6.93. The van der Waals surface area contributed by atoms with E-state index in [0.29, 0.717) is 27.4 Å². The zero-order valence-corrected chi connectivity index (χ0v) is 19.2. The Hall–Kier alpha value is -1.80. The van der Waals surface area contributed by atoms with Gasteiger partial charge < -0.3 is 5.32 Å². The molecule has 0 bridgehead atoms. The molecule has 5 nitrogen and oxygen atoms in total. The molecule has 4 rings (SSSR count). The summed E-state index contributed by atoms with van der Waals surface area (Å²) in [6.45, 7) is 4.11. The van der Waals surface area contributed by atoms with E-state index in [-0.39, 0.29) is 17.2 Å². The van der Waals surface area contributed by atoms with E-state index < -0.39 is 0 Å². The first-order valence-corrected chi connectivity index (χ1v) is 12.1. The molecular formula is C21H19Cl2N3O2S2. The first-order valence-electron chi connectivity index (χ1n) is 9.52. The molecule has 0 radical (unpaired) electrons. The highest BCUT2D eigenvalue weighted by Gasteiger charge is 2.22. The Kier molecular flexibility index (Phi) is 6.53. The largest absolute Gasteiger partial charge is 0.324 e. The lowest BCUT2D eigenvalue weighted by molar-refractivity contribution is -0.113. The van der Waals surface area contributed by atoms with Crippen LogP contribution in [0.4, 0.5) is 5.69 Å². The number of rotatable bonds is 6. The highest BCUT2D eigenvalue weighted by atomic mass is 35.5. The fourth-order valence-corrected chi connectivity index (χ4v) is 6.00. The molecule has 0 spiro atoms. The van der Waals surface area contributed by atoms with Crippen LogP contribution in [0.5, 0.6) is 0 Å². The second kappa shape index (κ2) is 9.14. The van der Waals surface area contributed by atoms with Crippen molar-refractivity contribution >= 4 is 68.1 Å². The average molecular weight is 480 g/mol. The van der Waals surface area contributed by atoms with Crippen molar-refractivity contribution in [2.75, 3.05) is 11.1 Å². The van der Waals surface area contributed by atoms with Crippen molar-refractivity contribution < 1.29 is 4.79 Å². The van der Waals surface area contributed by atoms with Crippen LogP contribution in [0.1, 0.15) is 23.3 Å². The van der Waals surface area contributed by atoms with Crippen LogP contribution in [-0.4, -0.2) is 21.2 Å². The van der Waals surface area contributed by atoms with Gasteiger partial charge in [0.05, 0.1) is 26.9 Å². The van der Waals surface area contributed by atoms with Crippen LogP contribution in [0.25, 0.3) is 10.2 Å². The molecule has 1 aliphatic carbocycles. The van der Waals surface area contributed by atoms with Gasteiger partial charge in [-0.15, -0.1) is 17.9 Å². The van der Waals surface area contributed by atoms with Gasteiger partial charge in [0.1, 0.15) is 4.83 Å². The average Bonchev–Trinajstić information content (AvgIpc) is 3.11. The van der Waals surface area contributed by atoms with Gasteiger partial charge in [-0.3, -0.25) is 14.2 Å². The van der Waals surface area contributed by atoms with Gasteiger partial charge in [-0.25, -0.2) is 4.98 Å². The van der Waals surface area contributed by atoms with Gasteiger partial charge >= 0.3 is 0 Å². The minimum Gasteiger partial charge on any atom is -0.324 e. The topological polar surface area (TPSA) is 64.0 Å². The summed E-state index contributed by atoms with van der Waals surface area (Å²) in [5, 5.41) is 4.67. The number of fused-ring (bicyclic) bond motifs is 3. The molecule has 30 heavy (non-hydrogen) atoms. The van der Waals surface area contributed by atoms with E-state index in [0.717, 1.165) is 41.5 Å². The molecule has 2 heterocycles. The summed E-state index contributed by atoms with van der Waals surface area (Å²) >= 11 is 15.0. The van der Waals surface area contributed by atoms with Gasteiger partial charge in [0, 0.05) is 11.4 Å². The number of nitrogens with one attached hydrogen (secondary N) is 1. The molecule has 9 heteroatoms. The number of carbonyl (C=O) groups is 1. The minimum atomic E-state index is -0.255. The lowest BCUT2D eigenvalue weighted by atomic mass is 9.97. The molecule has 0 aliphatic heterocycles. The number of benzene rings is 1. The van der Waals surface area contributed by atoms with Gasteiger partial charge in [-0.1, -0.05) is 47.1 Å². The van der Waals surface area contributed by atoms with Gasteiger partial charge in [0.15, 0.2) is 5.16 Å². The Bertz CT molecular complexity index is 1200. The number of thioether (sulfide) groups is 1. The summed E-state index contributed by atoms with van der Waals surface area (Å²) in [4.78, 5) is 32.4. The maximum Gasteiger partial charge on any atom is 0.263 e. The Labute approximate surface area is 192 Å². The van der Waals surface area contributed by atoms with Crippen molar-refractivity contribution in [3.05, 3.63) is 61.7 Å². The Morgan fingerprint density at radius 3 is 2.93 bits per heavy atom. The predicted molar refractivity (Wildman–Crippen MR) is 127 cm³/mol. The SMILES string of the molecule is C=CCn1c(SCC(=O)Nc2cccc(Cl)c2Cl)nc2sc3c(c2c1=O)CCCC3. The number of anilines is 1. The molecule has 3 aromatic rings. The summed E-state index contributed by atoms with van der Waals surface area (Å²) < 4.78 is 1.60. The van der Waals surface area contributed by atoms with Crippen molar-refractivity contribution in [3.63, 3.8) is 0 Å². The van der Waals surface area contributed by atoms with Gasteiger partial charge in [0.2, 0.25) is 5.91 Å². The van der Waals surface area contributed by atoms with Gasteiger partial charge in [0.25, 0.3) is 5.56 Å². The maximum absolute atomic E-state index is 13.2. The van der Waals surface area contributed by atoms with Gasteiger partial charge in [-0.05, 0) is 43.4 Å². The summed E-state index contributed by atoms with van der Waals surface area (Å²) in [7, 11) is 0. The third kappa shape index (κ3) is 4.17. The fraction of sp³-hybridized carbons (Fsp3) is 0.286. The number of hydrogen-bond acceptors (Lipinski definition) is 5. The van der Waals surface area contributed by atoms with Gasteiger partial charge in [-0.2, -0.15) is 0 Å². The Morgan fingerprint density at radius 2 is 2.13 bits per heavy atom. The van der Waals surface area contributed by atoms with Crippen molar-refractivity contribution in [2.24, 2.45) is 0 Å². The Balaban J connectivity index is 1.61. The van der Waals surface area contributed by atoms with E-state index in [2.05, 4.69) is 11.9 Å². The first kappa shape index (κ1) is 21.4. The molecule has 2 aromatic heterocycles. The molecule has 0 unspecified atom stereocenters. The van der Waals surface area contributed by atoms with E-state index in [1.54, 1.807) is 40.2 Å². The monoisotopic (exact) mass is 479 g/mol. The normalized spacial score (nSPS) is 13.3. The molecule has 1 aliphatic rings. The predicted octanol–water partition coefficient (Wildman–Crippen LogP) is 5.56. The van der Waals surface area contributed by atoms with Crippen LogP contribution < -0.4 is 10.9 Å². The maximum atomic E-state index is 13.2. The number of aryl methyl sites for hydroxylation is 2. The molecule has 0 saturated heterocycles. The fourth-order valence-electron chi connectivity index (χ4n) is 3.54.